The number of hydrogen-bond acceptors (Lipinski definition) is 3. The molecule has 0 aliphatic rings. The van der Waals surface area contributed by atoms with Crippen LogP contribution in [0.4, 0.5) is 0 Å². The van der Waals surface area contributed by atoms with Crippen LogP contribution in [0.1, 0.15) is 52.1 Å². The lowest BCUT2D eigenvalue weighted by Crippen LogP contribution is -2.25. The van der Waals surface area contributed by atoms with Gasteiger partial charge in [-0.05, 0) is 37.6 Å². The third kappa shape index (κ3) is 6.75. The van der Waals surface area contributed by atoms with Gasteiger partial charge in [-0.25, -0.2) is 0 Å². The molecule has 120 valence electrons. The summed E-state index contributed by atoms with van der Waals surface area (Å²) in [4.78, 5) is 0. The Bertz CT molecular complexity index is 383. The van der Waals surface area contributed by atoms with Gasteiger partial charge in [0.25, 0.3) is 0 Å². The maximum Gasteiger partial charge on any atom is 0.124 e. The van der Waals surface area contributed by atoms with E-state index in [9.17, 15) is 0 Å². The van der Waals surface area contributed by atoms with Crippen LogP contribution < -0.4 is 10.1 Å². The van der Waals surface area contributed by atoms with Crippen molar-refractivity contribution in [2.45, 2.75) is 46.6 Å². The van der Waals surface area contributed by atoms with Crippen molar-refractivity contribution in [2.24, 2.45) is 5.92 Å². The number of benzene rings is 1. The van der Waals surface area contributed by atoms with Gasteiger partial charge < -0.3 is 10.1 Å². The number of ether oxygens (including phenoxy) is 1. The van der Waals surface area contributed by atoms with Gasteiger partial charge in [-0.15, -0.1) is 0 Å². The fourth-order valence-electron chi connectivity index (χ4n) is 2.14. The van der Waals surface area contributed by atoms with Crippen molar-refractivity contribution in [1.82, 2.24) is 5.32 Å². The number of rotatable bonds is 11. The van der Waals surface area contributed by atoms with Gasteiger partial charge in [0.15, 0.2) is 0 Å². The van der Waals surface area contributed by atoms with Gasteiger partial charge in [-0.2, -0.15) is 11.8 Å². The number of nitrogens with one attached hydrogen (secondary N) is 1. The van der Waals surface area contributed by atoms with Crippen LogP contribution in [0.2, 0.25) is 0 Å². The molecule has 0 spiro atoms. The van der Waals surface area contributed by atoms with Gasteiger partial charge in [0.1, 0.15) is 5.75 Å². The first-order valence-corrected chi connectivity index (χ1v) is 9.41. The Hall–Kier alpha value is -0.670. The predicted octanol–water partition coefficient (Wildman–Crippen LogP) is 4.91. The monoisotopic (exact) mass is 309 g/mol. The van der Waals surface area contributed by atoms with Crippen molar-refractivity contribution >= 4 is 11.8 Å². The molecule has 1 aromatic carbocycles. The molecule has 0 saturated heterocycles. The van der Waals surface area contributed by atoms with E-state index in [0.717, 1.165) is 37.0 Å². The summed E-state index contributed by atoms with van der Waals surface area (Å²) in [6.07, 6.45) is 2.42. The van der Waals surface area contributed by atoms with Crippen LogP contribution in [0.15, 0.2) is 24.3 Å². The standard InChI is InChI=1S/C18H31NOS/c1-5-12-19-17(14-21-13-15(4)6-2)16-10-8-9-11-18(16)20-7-3/h8-11,15,17,19H,5-7,12-14H2,1-4H3. The van der Waals surface area contributed by atoms with E-state index in [1.54, 1.807) is 0 Å². The largest absolute Gasteiger partial charge is 0.494 e. The van der Waals surface area contributed by atoms with E-state index in [2.05, 4.69) is 50.4 Å². The highest BCUT2D eigenvalue weighted by molar-refractivity contribution is 7.99. The smallest absolute Gasteiger partial charge is 0.124 e. The summed E-state index contributed by atoms with van der Waals surface area (Å²) in [5.74, 6) is 4.16. The number of para-hydroxylation sites is 1. The minimum absolute atomic E-state index is 0.377. The predicted molar refractivity (Wildman–Crippen MR) is 95.4 cm³/mol. The lowest BCUT2D eigenvalue weighted by molar-refractivity contribution is 0.332. The van der Waals surface area contributed by atoms with E-state index in [-0.39, 0.29) is 0 Å². The Morgan fingerprint density at radius 1 is 1.14 bits per heavy atom. The van der Waals surface area contributed by atoms with Gasteiger partial charge >= 0.3 is 0 Å². The molecule has 1 N–H and O–H groups in total. The van der Waals surface area contributed by atoms with Crippen molar-refractivity contribution in [3.8, 4) is 5.75 Å². The molecule has 0 amide bonds. The second-order valence-corrected chi connectivity index (χ2v) is 6.60. The second kappa shape index (κ2) is 11.0. The molecule has 2 unspecified atom stereocenters. The van der Waals surface area contributed by atoms with Crippen molar-refractivity contribution in [3.63, 3.8) is 0 Å². The number of thioether (sulfide) groups is 1. The highest BCUT2D eigenvalue weighted by Gasteiger charge is 2.15. The quantitative estimate of drug-likeness (QED) is 0.628. The Kier molecular flexibility index (Phi) is 9.60. The summed E-state index contributed by atoms with van der Waals surface area (Å²) < 4.78 is 5.80. The molecule has 0 aliphatic heterocycles. The molecule has 1 aromatic rings. The number of hydrogen-bond donors (Lipinski definition) is 1. The van der Waals surface area contributed by atoms with Gasteiger partial charge in [0.05, 0.1) is 6.61 Å². The first kappa shape index (κ1) is 18.4. The summed E-state index contributed by atoms with van der Waals surface area (Å²) in [5, 5.41) is 3.68. The molecule has 21 heavy (non-hydrogen) atoms. The third-order valence-electron chi connectivity index (χ3n) is 3.62. The second-order valence-electron chi connectivity index (χ2n) is 5.53. The zero-order valence-corrected chi connectivity index (χ0v) is 14.8. The van der Waals surface area contributed by atoms with Crippen LogP contribution >= 0.6 is 11.8 Å². The maximum atomic E-state index is 5.80. The molecule has 0 heterocycles. The molecule has 3 heteroatoms. The van der Waals surface area contributed by atoms with Gasteiger partial charge in [-0.1, -0.05) is 45.4 Å². The van der Waals surface area contributed by atoms with Crippen molar-refractivity contribution in [1.29, 1.82) is 0 Å². The zero-order valence-electron chi connectivity index (χ0n) is 14.0. The molecule has 0 radical (unpaired) electrons. The molecule has 0 bridgehead atoms. The summed E-state index contributed by atoms with van der Waals surface area (Å²) in [5.41, 5.74) is 1.30. The van der Waals surface area contributed by atoms with E-state index < -0.39 is 0 Å². The lowest BCUT2D eigenvalue weighted by atomic mass is 10.1. The van der Waals surface area contributed by atoms with Crippen molar-refractivity contribution in [3.05, 3.63) is 29.8 Å². The first-order valence-electron chi connectivity index (χ1n) is 8.25. The van der Waals surface area contributed by atoms with Crippen LogP contribution in [0.3, 0.4) is 0 Å². The van der Waals surface area contributed by atoms with E-state index >= 15 is 0 Å². The molecule has 0 saturated carbocycles. The van der Waals surface area contributed by atoms with Crippen LogP contribution in [0.25, 0.3) is 0 Å². The molecular weight excluding hydrogens is 278 g/mol. The topological polar surface area (TPSA) is 21.3 Å². The Morgan fingerprint density at radius 2 is 1.90 bits per heavy atom. The van der Waals surface area contributed by atoms with Crippen LogP contribution in [-0.2, 0) is 0 Å². The van der Waals surface area contributed by atoms with Crippen LogP contribution in [0, 0.1) is 5.92 Å². The highest BCUT2D eigenvalue weighted by atomic mass is 32.2. The molecule has 0 aliphatic carbocycles. The van der Waals surface area contributed by atoms with Gasteiger partial charge in [0, 0.05) is 17.4 Å². The minimum atomic E-state index is 0.377. The summed E-state index contributed by atoms with van der Waals surface area (Å²) in [7, 11) is 0. The van der Waals surface area contributed by atoms with Crippen LogP contribution in [-0.4, -0.2) is 24.7 Å². The zero-order chi connectivity index (χ0) is 15.5. The SMILES string of the molecule is CCCNC(CSCC(C)CC)c1ccccc1OCC. The van der Waals surface area contributed by atoms with E-state index in [1.165, 1.54) is 17.7 Å². The summed E-state index contributed by atoms with van der Waals surface area (Å²) in [6.45, 7) is 10.6. The molecular formula is C18H31NOS. The van der Waals surface area contributed by atoms with E-state index in [1.807, 2.05) is 18.7 Å². The van der Waals surface area contributed by atoms with Crippen LogP contribution in [0.5, 0.6) is 5.75 Å². The fraction of sp³-hybridized carbons (Fsp3) is 0.667. The molecule has 2 atom stereocenters. The van der Waals surface area contributed by atoms with Crippen molar-refractivity contribution in [2.75, 3.05) is 24.7 Å². The van der Waals surface area contributed by atoms with E-state index in [4.69, 9.17) is 4.74 Å². The van der Waals surface area contributed by atoms with Crippen molar-refractivity contribution < 1.29 is 4.74 Å². The fourth-order valence-corrected chi connectivity index (χ4v) is 3.44. The maximum absolute atomic E-state index is 5.80. The Labute approximate surface area is 135 Å². The van der Waals surface area contributed by atoms with E-state index in [0.29, 0.717) is 6.04 Å². The third-order valence-corrected chi connectivity index (χ3v) is 4.99. The Morgan fingerprint density at radius 3 is 2.57 bits per heavy atom. The molecule has 2 nitrogen and oxygen atoms in total. The average molecular weight is 310 g/mol. The van der Waals surface area contributed by atoms with Gasteiger partial charge in [-0.3, -0.25) is 0 Å². The first-order chi connectivity index (χ1) is 10.2. The molecule has 0 aromatic heterocycles. The summed E-state index contributed by atoms with van der Waals surface area (Å²) >= 11 is 2.05. The minimum Gasteiger partial charge on any atom is -0.494 e. The lowest BCUT2D eigenvalue weighted by Gasteiger charge is -2.22. The Balaban J connectivity index is 2.71. The molecule has 1 rings (SSSR count). The molecule has 0 fully saturated rings. The average Bonchev–Trinajstić information content (AvgIpc) is 2.51. The van der Waals surface area contributed by atoms with Gasteiger partial charge in [0.2, 0.25) is 0 Å². The highest BCUT2D eigenvalue weighted by Crippen LogP contribution is 2.28. The normalized spacial score (nSPS) is 13.9. The summed E-state index contributed by atoms with van der Waals surface area (Å²) in [6, 6.07) is 8.82.